The van der Waals surface area contributed by atoms with Crippen molar-refractivity contribution in [2.45, 2.75) is 43.9 Å². The lowest BCUT2D eigenvalue weighted by Crippen LogP contribution is -2.39. The lowest BCUT2D eigenvalue weighted by atomic mass is 9.97. The highest BCUT2D eigenvalue weighted by Gasteiger charge is 2.48. The van der Waals surface area contributed by atoms with E-state index in [-0.39, 0.29) is 35.4 Å². The van der Waals surface area contributed by atoms with E-state index < -0.39 is 55.1 Å². The molecule has 12 heteroatoms. The Kier molecular flexibility index (Phi) is 5.25. The number of aromatic nitrogens is 3. The minimum atomic E-state index is -3.36. The number of halogens is 5. The molecule has 162 valence electrons. The summed E-state index contributed by atoms with van der Waals surface area (Å²) in [5.41, 5.74) is -2.18. The smallest absolute Gasteiger partial charge is 0.322 e. The molecule has 0 saturated heterocycles. The maximum Gasteiger partial charge on any atom is 0.322 e. The van der Waals surface area contributed by atoms with E-state index in [0.717, 1.165) is 4.68 Å². The maximum absolute atomic E-state index is 14.8. The number of fused-ring (bicyclic) bond motifs is 3. The molecule has 0 aromatic carbocycles. The van der Waals surface area contributed by atoms with E-state index in [1.807, 2.05) is 0 Å². The zero-order chi connectivity index (χ0) is 21.7. The minimum absolute atomic E-state index is 0.0681. The van der Waals surface area contributed by atoms with E-state index in [1.165, 1.54) is 17.2 Å². The van der Waals surface area contributed by atoms with Crippen LogP contribution in [0.5, 0.6) is 0 Å². The first-order valence-corrected chi connectivity index (χ1v) is 10.1. The van der Waals surface area contributed by atoms with Crippen LogP contribution in [0.2, 0.25) is 0 Å². The fraction of sp³-hybridized carbons (Fsp3) is 0.500. The predicted octanol–water partition coefficient (Wildman–Crippen LogP) is 3.36. The number of nitrogens with zero attached hydrogens (tertiary/aromatic N) is 4. The van der Waals surface area contributed by atoms with Crippen molar-refractivity contribution in [1.82, 2.24) is 19.7 Å². The molecule has 0 unspecified atom stereocenters. The van der Waals surface area contributed by atoms with Crippen molar-refractivity contribution in [3.63, 3.8) is 0 Å². The zero-order valence-electron chi connectivity index (χ0n) is 15.6. The molecule has 4 rings (SSSR count). The Bertz CT molecular complexity index is 1000. The van der Waals surface area contributed by atoms with Crippen molar-refractivity contribution in [3.8, 4) is 0 Å². The van der Waals surface area contributed by atoms with Gasteiger partial charge in [0.2, 0.25) is 0 Å². The molecule has 0 spiro atoms. The number of hydrogen-bond acceptors (Lipinski definition) is 4. The van der Waals surface area contributed by atoms with E-state index in [1.54, 1.807) is 0 Å². The summed E-state index contributed by atoms with van der Waals surface area (Å²) in [5.74, 6) is -4.11. The van der Waals surface area contributed by atoms with Crippen molar-refractivity contribution < 1.29 is 27.5 Å². The first kappa shape index (κ1) is 21.0. The minimum Gasteiger partial charge on any atom is -0.393 e. The first-order valence-electron chi connectivity index (χ1n) is 9.26. The summed E-state index contributed by atoms with van der Waals surface area (Å²) in [6, 6.07) is 0.619. The Hall–Kier alpha value is -2.21. The number of carbonyl (C=O) groups is 1. The summed E-state index contributed by atoms with van der Waals surface area (Å²) in [7, 11) is 0. The van der Waals surface area contributed by atoms with Gasteiger partial charge in [-0.15, -0.1) is 0 Å². The number of nitrogens with one attached hydrogen (secondary N) is 1. The molecule has 0 saturated carbocycles. The molecule has 2 aromatic rings. The highest BCUT2D eigenvalue weighted by Crippen LogP contribution is 2.43. The standard InChI is InChI=1S/C18H18BrF4N5O2/c19-15-13(20)12(1-5-24-15)25-16(30)27-6-2-11-10(7-27)14-18(22,23)4-3-17(21,9-29)8-28(14)26-11/h1,5,29H,2-4,6-9H2,(H,24,25,30)/t17-/m0/s1. The maximum atomic E-state index is 14.8. The summed E-state index contributed by atoms with van der Waals surface area (Å²) in [4.78, 5) is 17.6. The van der Waals surface area contributed by atoms with Crippen LogP contribution in [-0.2, 0) is 25.4 Å². The van der Waals surface area contributed by atoms with Gasteiger partial charge in [-0.2, -0.15) is 13.9 Å². The van der Waals surface area contributed by atoms with Gasteiger partial charge in [-0.05, 0) is 28.4 Å². The summed E-state index contributed by atoms with van der Waals surface area (Å²) in [6.07, 6.45) is 0.221. The molecule has 2 aromatic heterocycles. The topological polar surface area (TPSA) is 83.3 Å². The number of urea groups is 1. The van der Waals surface area contributed by atoms with E-state index in [0.29, 0.717) is 5.69 Å². The molecular formula is C18H18BrF4N5O2. The van der Waals surface area contributed by atoms with Gasteiger partial charge in [0.05, 0.1) is 31.1 Å². The summed E-state index contributed by atoms with van der Waals surface area (Å²) < 4.78 is 59.3. The Morgan fingerprint density at radius 2 is 2.10 bits per heavy atom. The number of carbonyl (C=O) groups excluding carboxylic acids is 1. The van der Waals surface area contributed by atoms with Crippen molar-refractivity contribution >= 4 is 27.6 Å². The van der Waals surface area contributed by atoms with Crippen LogP contribution in [0.4, 0.5) is 28.0 Å². The van der Waals surface area contributed by atoms with E-state index in [9.17, 15) is 27.5 Å². The molecule has 0 bridgehead atoms. The van der Waals surface area contributed by atoms with Gasteiger partial charge in [-0.3, -0.25) is 4.68 Å². The van der Waals surface area contributed by atoms with Gasteiger partial charge >= 0.3 is 6.03 Å². The third-order valence-electron chi connectivity index (χ3n) is 5.43. The molecule has 7 nitrogen and oxygen atoms in total. The number of anilines is 1. The SMILES string of the molecule is O=C(Nc1ccnc(Br)c1F)N1CCc2nn3c(c2C1)C(F)(F)CC[C@@](F)(CO)C3. The normalized spacial score (nSPS) is 22.8. The van der Waals surface area contributed by atoms with Crippen LogP contribution in [0.1, 0.15) is 29.8 Å². The van der Waals surface area contributed by atoms with Gasteiger partial charge in [0.1, 0.15) is 10.3 Å². The molecule has 1 atom stereocenters. The zero-order valence-corrected chi connectivity index (χ0v) is 17.2. The van der Waals surface area contributed by atoms with Gasteiger partial charge in [0.15, 0.2) is 11.5 Å². The van der Waals surface area contributed by atoms with Crippen molar-refractivity contribution in [2.75, 3.05) is 18.5 Å². The van der Waals surface area contributed by atoms with Crippen molar-refractivity contribution in [2.24, 2.45) is 0 Å². The number of amides is 2. The van der Waals surface area contributed by atoms with Gasteiger partial charge in [-0.25, -0.2) is 18.6 Å². The Labute approximate surface area is 177 Å². The van der Waals surface area contributed by atoms with Crippen LogP contribution in [-0.4, -0.2) is 49.6 Å². The number of aliphatic hydroxyl groups excluding tert-OH is 1. The second-order valence-corrected chi connectivity index (χ2v) is 8.26. The largest absolute Gasteiger partial charge is 0.393 e. The van der Waals surface area contributed by atoms with Gasteiger partial charge in [0, 0.05) is 31.1 Å². The van der Waals surface area contributed by atoms with Crippen LogP contribution in [0, 0.1) is 5.82 Å². The highest BCUT2D eigenvalue weighted by molar-refractivity contribution is 9.10. The average Bonchev–Trinajstić information content (AvgIpc) is 3.02. The molecular weight excluding hydrogens is 474 g/mol. The van der Waals surface area contributed by atoms with Crippen LogP contribution >= 0.6 is 15.9 Å². The van der Waals surface area contributed by atoms with Crippen molar-refractivity contribution in [3.05, 3.63) is 39.6 Å². The molecule has 0 radical (unpaired) electrons. The molecule has 4 heterocycles. The van der Waals surface area contributed by atoms with Gasteiger partial charge in [0.25, 0.3) is 5.92 Å². The van der Waals surface area contributed by atoms with Crippen LogP contribution < -0.4 is 5.32 Å². The fourth-order valence-electron chi connectivity index (χ4n) is 3.81. The van der Waals surface area contributed by atoms with Crippen molar-refractivity contribution in [1.29, 1.82) is 0 Å². The monoisotopic (exact) mass is 491 g/mol. The van der Waals surface area contributed by atoms with Crippen LogP contribution in [0.25, 0.3) is 0 Å². The second-order valence-electron chi connectivity index (χ2n) is 7.51. The quantitative estimate of drug-likeness (QED) is 0.498. The highest BCUT2D eigenvalue weighted by atomic mass is 79.9. The summed E-state index contributed by atoms with van der Waals surface area (Å²) >= 11 is 2.93. The molecule has 2 amide bonds. The average molecular weight is 492 g/mol. The Morgan fingerprint density at radius 3 is 2.83 bits per heavy atom. The Balaban J connectivity index is 1.61. The molecule has 0 aliphatic carbocycles. The number of pyridine rings is 1. The number of alkyl halides is 3. The van der Waals surface area contributed by atoms with E-state index in [2.05, 4.69) is 31.3 Å². The van der Waals surface area contributed by atoms with Crippen LogP contribution in [0.15, 0.2) is 16.9 Å². The second kappa shape index (κ2) is 7.49. The first-order chi connectivity index (χ1) is 14.1. The van der Waals surface area contributed by atoms with E-state index >= 15 is 0 Å². The third kappa shape index (κ3) is 3.66. The summed E-state index contributed by atoms with van der Waals surface area (Å²) in [6.45, 7) is -1.35. The Morgan fingerprint density at radius 1 is 1.33 bits per heavy atom. The lowest BCUT2D eigenvalue weighted by Gasteiger charge is -2.28. The van der Waals surface area contributed by atoms with Gasteiger partial charge in [-0.1, -0.05) is 0 Å². The molecule has 2 N–H and O–H groups in total. The molecule has 30 heavy (non-hydrogen) atoms. The number of rotatable bonds is 2. The molecule has 2 aliphatic heterocycles. The molecule has 0 fully saturated rings. The van der Waals surface area contributed by atoms with Crippen LogP contribution in [0.3, 0.4) is 0 Å². The third-order valence-corrected chi connectivity index (χ3v) is 5.98. The number of hydrogen-bond donors (Lipinski definition) is 2. The predicted molar refractivity (Wildman–Crippen MR) is 101 cm³/mol. The van der Waals surface area contributed by atoms with Gasteiger partial charge < -0.3 is 15.3 Å². The fourth-order valence-corrected chi connectivity index (χ4v) is 4.14. The number of aliphatic hydroxyl groups is 1. The lowest BCUT2D eigenvalue weighted by molar-refractivity contribution is -0.0323. The molecule has 2 aliphatic rings. The summed E-state index contributed by atoms with van der Waals surface area (Å²) in [5, 5.41) is 15.9. The van der Waals surface area contributed by atoms with E-state index in [4.69, 9.17) is 0 Å².